The molecule has 1 aromatic heterocycles. The zero-order valence-electron chi connectivity index (χ0n) is 15.8. The van der Waals surface area contributed by atoms with Gasteiger partial charge in [0, 0.05) is 11.3 Å². The fourth-order valence-corrected chi connectivity index (χ4v) is 5.13. The molecule has 144 valence electrons. The number of carbonyl (C=O) groups is 1. The number of sulfone groups is 1. The van der Waals surface area contributed by atoms with E-state index in [0.717, 1.165) is 17.0 Å². The molecule has 0 unspecified atom stereocenters. The third-order valence-corrected chi connectivity index (χ3v) is 6.54. The minimum atomic E-state index is -2.98. The summed E-state index contributed by atoms with van der Waals surface area (Å²) in [7, 11) is -2.98. The molecule has 2 aromatic rings. The summed E-state index contributed by atoms with van der Waals surface area (Å²) >= 11 is 0. The van der Waals surface area contributed by atoms with Crippen molar-refractivity contribution in [1.82, 2.24) is 9.78 Å². The van der Waals surface area contributed by atoms with Gasteiger partial charge in [-0.25, -0.2) is 8.42 Å². The Morgan fingerprint density at radius 1 is 1.33 bits per heavy atom. The van der Waals surface area contributed by atoms with Crippen LogP contribution in [0.4, 0.5) is 0 Å². The first-order valence-corrected chi connectivity index (χ1v) is 10.8. The Balaban J connectivity index is 1.85. The van der Waals surface area contributed by atoms with Crippen LogP contribution < -0.4 is 4.74 Å². The van der Waals surface area contributed by atoms with Crippen molar-refractivity contribution >= 4 is 21.7 Å². The van der Waals surface area contributed by atoms with Gasteiger partial charge in [-0.15, -0.1) is 0 Å². The summed E-state index contributed by atoms with van der Waals surface area (Å²) in [6, 6.07) is 7.02. The van der Waals surface area contributed by atoms with Gasteiger partial charge in [0.2, 0.25) is 0 Å². The molecule has 0 saturated carbocycles. The quantitative estimate of drug-likeness (QED) is 0.561. The highest BCUT2D eigenvalue weighted by molar-refractivity contribution is 7.91. The summed E-state index contributed by atoms with van der Waals surface area (Å²) in [6.07, 6.45) is 3.85. The van der Waals surface area contributed by atoms with Gasteiger partial charge in [-0.05, 0) is 51.5 Å². The molecule has 0 amide bonds. The van der Waals surface area contributed by atoms with E-state index in [1.165, 1.54) is 6.08 Å². The summed E-state index contributed by atoms with van der Waals surface area (Å²) < 4.78 is 30.8. The molecular weight excluding hydrogens is 364 g/mol. The average Bonchev–Trinajstić information content (AvgIpc) is 3.12. The van der Waals surface area contributed by atoms with E-state index in [2.05, 4.69) is 5.10 Å². The monoisotopic (exact) mass is 388 g/mol. The molecule has 1 aliphatic rings. The summed E-state index contributed by atoms with van der Waals surface area (Å²) in [5.74, 6) is 0.746. The molecule has 27 heavy (non-hydrogen) atoms. The Labute approximate surface area is 159 Å². The highest BCUT2D eigenvalue weighted by atomic mass is 32.2. The normalized spacial score (nSPS) is 18.9. The summed E-state index contributed by atoms with van der Waals surface area (Å²) in [5, 5.41) is 4.52. The molecule has 0 N–H and O–H groups in total. The smallest absolute Gasteiger partial charge is 0.189 e. The number of carbonyl (C=O) groups excluding carboxylic acids is 1. The molecule has 0 spiro atoms. The predicted molar refractivity (Wildman–Crippen MR) is 105 cm³/mol. The van der Waals surface area contributed by atoms with Crippen molar-refractivity contribution < 1.29 is 17.9 Å². The van der Waals surface area contributed by atoms with Crippen molar-refractivity contribution in [3.63, 3.8) is 0 Å². The van der Waals surface area contributed by atoms with Gasteiger partial charge in [-0.2, -0.15) is 5.10 Å². The van der Waals surface area contributed by atoms with Crippen molar-refractivity contribution in [3.05, 3.63) is 52.9 Å². The predicted octanol–water partition coefficient (Wildman–Crippen LogP) is 3.15. The number of para-hydroxylation sites is 1. The number of ether oxygens (including phenoxy) is 1. The molecule has 1 fully saturated rings. The number of aryl methyl sites for hydroxylation is 1. The highest BCUT2D eigenvalue weighted by Crippen LogP contribution is 2.27. The Morgan fingerprint density at radius 2 is 2.07 bits per heavy atom. The largest absolute Gasteiger partial charge is 0.493 e. The van der Waals surface area contributed by atoms with Crippen LogP contribution in [-0.4, -0.2) is 42.1 Å². The zero-order valence-corrected chi connectivity index (χ0v) is 16.6. The van der Waals surface area contributed by atoms with Crippen molar-refractivity contribution in [2.45, 2.75) is 33.2 Å². The minimum Gasteiger partial charge on any atom is -0.493 e. The maximum Gasteiger partial charge on any atom is 0.189 e. The molecule has 1 aliphatic heterocycles. The van der Waals surface area contributed by atoms with Gasteiger partial charge in [0.05, 0.1) is 35.4 Å². The van der Waals surface area contributed by atoms with E-state index in [1.54, 1.807) is 29.0 Å². The fourth-order valence-electron chi connectivity index (χ4n) is 3.44. The lowest BCUT2D eigenvalue weighted by molar-refractivity contribution is 0.104. The van der Waals surface area contributed by atoms with E-state index in [-0.39, 0.29) is 23.3 Å². The molecule has 1 saturated heterocycles. The number of benzene rings is 1. The van der Waals surface area contributed by atoms with Crippen LogP contribution in [0, 0.1) is 13.8 Å². The number of nitrogens with zero attached hydrogens (tertiary/aromatic N) is 2. The number of hydrogen-bond donors (Lipinski definition) is 0. The van der Waals surface area contributed by atoms with Crippen LogP contribution in [-0.2, 0) is 9.84 Å². The third-order valence-electron chi connectivity index (χ3n) is 4.79. The number of ketones is 1. The Kier molecular flexibility index (Phi) is 5.51. The van der Waals surface area contributed by atoms with Gasteiger partial charge in [-0.1, -0.05) is 12.1 Å². The second kappa shape index (κ2) is 7.68. The van der Waals surface area contributed by atoms with Gasteiger partial charge < -0.3 is 4.74 Å². The molecule has 1 aromatic carbocycles. The third kappa shape index (κ3) is 4.13. The van der Waals surface area contributed by atoms with Crippen LogP contribution in [0.5, 0.6) is 5.75 Å². The minimum absolute atomic E-state index is 0.124. The second-order valence-electron chi connectivity index (χ2n) is 6.71. The SMILES string of the molecule is CCOc1ccccc1C(=O)/C=C/c1c(C)nn([C@H]2CCS(=O)(=O)C2)c1C. The van der Waals surface area contributed by atoms with Gasteiger partial charge >= 0.3 is 0 Å². The summed E-state index contributed by atoms with van der Waals surface area (Å²) in [6.45, 7) is 6.14. The van der Waals surface area contributed by atoms with Crippen molar-refractivity contribution in [3.8, 4) is 5.75 Å². The number of allylic oxidation sites excluding steroid dienone is 1. The topological polar surface area (TPSA) is 78.3 Å². The van der Waals surface area contributed by atoms with E-state index < -0.39 is 9.84 Å². The van der Waals surface area contributed by atoms with Crippen molar-refractivity contribution in [1.29, 1.82) is 0 Å². The summed E-state index contributed by atoms with van der Waals surface area (Å²) in [4.78, 5) is 12.6. The van der Waals surface area contributed by atoms with Crippen LogP contribution in [0.2, 0.25) is 0 Å². The molecular formula is C20H24N2O4S. The standard InChI is InChI=1S/C20H24N2O4S/c1-4-26-20-8-6-5-7-18(20)19(23)10-9-17-14(2)21-22(15(17)3)16-11-12-27(24,25)13-16/h5-10,16H,4,11-13H2,1-3H3/b10-9+/t16-/m0/s1. The molecule has 0 aliphatic carbocycles. The van der Waals surface area contributed by atoms with Crippen LogP contribution in [0.25, 0.3) is 6.08 Å². The number of aromatic nitrogens is 2. The molecule has 0 bridgehead atoms. The Hall–Kier alpha value is -2.41. The van der Waals surface area contributed by atoms with E-state index >= 15 is 0 Å². The van der Waals surface area contributed by atoms with Gasteiger partial charge in [0.25, 0.3) is 0 Å². The van der Waals surface area contributed by atoms with Crippen molar-refractivity contribution in [2.75, 3.05) is 18.1 Å². The van der Waals surface area contributed by atoms with Gasteiger partial charge in [0.1, 0.15) is 5.75 Å². The second-order valence-corrected chi connectivity index (χ2v) is 8.94. The molecule has 0 radical (unpaired) electrons. The summed E-state index contributed by atoms with van der Waals surface area (Å²) in [5.41, 5.74) is 3.01. The van der Waals surface area contributed by atoms with Gasteiger partial charge in [0.15, 0.2) is 15.6 Å². The lowest BCUT2D eigenvalue weighted by Crippen LogP contribution is -2.13. The van der Waals surface area contributed by atoms with E-state index in [0.29, 0.717) is 24.3 Å². The Morgan fingerprint density at radius 3 is 2.74 bits per heavy atom. The van der Waals surface area contributed by atoms with E-state index in [4.69, 9.17) is 4.74 Å². The molecule has 2 heterocycles. The van der Waals surface area contributed by atoms with E-state index in [9.17, 15) is 13.2 Å². The number of rotatable bonds is 6. The van der Waals surface area contributed by atoms with Crippen LogP contribution in [0.3, 0.4) is 0 Å². The highest BCUT2D eigenvalue weighted by Gasteiger charge is 2.31. The first-order valence-electron chi connectivity index (χ1n) is 9.02. The molecule has 3 rings (SSSR count). The van der Waals surface area contributed by atoms with E-state index in [1.807, 2.05) is 26.8 Å². The van der Waals surface area contributed by atoms with Crippen molar-refractivity contribution in [2.24, 2.45) is 0 Å². The van der Waals surface area contributed by atoms with Gasteiger partial charge in [-0.3, -0.25) is 9.48 Å². The molecule has 7 heteroatoms. The maximum absolute atomic E-state index is 12.6. The van der Waals surface area contributed by atoms with Crippen LogP contribution >= 0.6 is 0 Å². The maximum atomic E-state index is 12.6. The first-order chi connectivity index (χ1) is 12.8. The average molecular weight is 388 g/mol. The van der Waals surface area contributed by atoms with Crippen LogP contribution in [0.1, 0.15) is 46.7 Å². The molecule has 6 nitrogen and oxygen atoms in total. The first kappa shape index (κ1) is 19.4. The lowest BCUT2D eigenvalue weighted by Gasteiger charge is -2.11. The van der Waals surface area contributed by atoms with Crippen LogP contribution in [0.15, 0.2) is 30.3 Å². The number of hydrogen-bond acceptors (Lipinski definition) is 5. The Bertz CT molecular complexity index is 989. The molecule has 1 atom stereocenters. The zero-order chi connectivity index (χ0) is 19.6. The lowest BCUT2D eigenvalue weighted by atomic mass is 10.1. The fraction of sp³-hybridized carbons (Fsp3) is 0.400.